The summed E-state index contributed by atoms with van der Waals surface area (Å²) >= 11 is 0. The van der Waals surface area contributed by atoms with Crippen molar-refractivity contribution >= 4 is 28.6 Å². The number of nitrogens with zero attached hydrogens (tertiary/aromatic N) is 4. The summed E-state index contributed by atoms with van der Waals surface area (Å²) in [5, 5.41) is 8.43. The molecule has 32 heavy (non-hydrogen) atoms. The third kappa shape index (κ3) is 3.84. The third-order valence-electron chi connectivity index (χ3n) is 5.95. The van der Waals surface area contributed by atoms with Gasteiger partial charge in [0.25, 0.3) is 0 Å². The number of carbonyl (C=O) groups excluding carboxylic acids is 2. The fraction of sp³-hybridized carbons (Fsp3) is 0.435. The Labute approximate surface area is 185 Å². The molecule has 9 heteroatoms. The molecule has 1 N–H and O–H groups in total. The second-order valence-electron chi connectivity index (χ2n) is 8.25. The molecule has 3 aromatic rings. The van der Waals surface area contributed by atoms with Crippen molar-refractivity contribution in [1.82, 2.24) is 19.7 Å². The number of anilines is 1. The summed E-state index contributed by atoms with van der Waals surface area (Å²) in [6, 6.07) is 7.68. The van der Waals surface area contributed by atoms with Crippen molar-refractivity contribution in [1.29, 1.82) is 0 Å². The molecular weight excluding hydrogens is 410 g/mol. The first-order chi connectivity index (χ1) is 15.5. The summed E-state index contributed by atoms with van der Waals surface area (Å²) in [5.74, 6) is 0.793. The van der Waals surface area contributed by atoms with Crippen molar-refractivity contribution in [3.63, 3.8) is 0 Å². The molecule has 0 aromatic carbocycles. The van der Waals surface area contributed by atoms with Crippen LogP contribution in [0.2, 0.25) is 0 Å². The van der Waals surface area contributed by atoms with E-state index in [9.17, 15) is 9.59 Å². The smallest absolute Gasteiger partial charge is 0.309 e. The molecule has 1 aliphatic carbocycles. The second kappa shape index (κ2) is 8.31. The lowest BCUT2D eigenvalue weighted by atomic mass is 10.0. The molecule has 1 amide bonds. The van der Waals surface area contributed by atoms with Gasteiger partial charge in [0, 0.05) is 48.7 Å². The van der Waals surface area contributed by atoms with Crippen molar-refractivity contribution in [3.8, 4) is 5.82 Å². The zero-order valence-corrected chi connectivity index (χ0v) is 18.1. The standard InChI is InChI=1S/C23H25N5O4/c1-3-32-23(30)16-9-15(16)22-17-11-24-20(25-13(2)29)10-19(17)28(27-22)21-6-4-5-18(26-21)14-7-8-31-12-14/h4-6,10-11,14-16H,3,7-9,12H2,1-2H3,(H,24,25,29). The van der Waals surface area contributed by atoms with Gasteiger partial charge in [-0.1, -0.05) is 6.07 Å². The highest BCUT2D eigenvalue weighted by Gasteiger charge is 2.47. The molecule has 3 unspecified atom stereocenters. The van der Waals surface area contributed by atoms with Crippen LogP contribution >= 0.6 is 0 Å². The predicted molar refractivity (Wildman–Crippen MR) is 117 cm³/mol. The van der Waals surface area contributed by atoms with Crippen molar-refractivity contribution in [2.24, 2.45) is 5.92 Å². The Morgan fingerprint density at radius 3 is 2.97 bits per heavy atom. The number of aromatic nitrogens is 4. The zero-order valence-electron chi connectivity index (χ0n) is 18.1. The number of rotatable bonds is 6. The minimum atomic E-state index is -0.200. The van der Waals surface area contributed by atoms with Crippen LogP contribution in [0, 0.1) is 5.92 Å². The molecule has 166 valence electrons. The molecular formula is C23H25N5O4. The highest BCUT2D eigenvalue weighted by atomic mass is 16.5. The fourth-order valence-corrected chi connectivity index (χ4v) is 4.29. The van der Waals surface area contributed by atoms with Gasteiger partial charge in [-0.3, -0.25) is 9.59 Å². The molecule has 1 saturated carbocycles. The number of hydrogen-bond donors (Lipinski definition) is 1. The highest BCUT2D eigenvalue weighted by molar-refractivity contribution is 5.92. The number of hydrogen-bond acceptors (Lipinski definition) is 7. The fourth-order valence-electron chi connectivity index (χ4n) is 4.29. The zero-order chi connectivity index (χ0) is 22.2. The van der Waals surface area contributed by atoms with E-state index in [1.54, 1.807) is 23.9 Å². The SMILES string of the molecule is CCOC(=O)C1CC1c1nn(-c2cccc(C3CCOC3)n2)c2cc(NC(C)=O)ncc12. The van der Waals surface area contributed by atoms with Gasteiger partial charge >= 0.3 is 5.97 Å². The van der Waals surface area contributed by atoms with Crippen LogP contribution < -0.4 is 5.32 Å². The molecule has 3 aromatic heterocycles. The van der Waals surface area contributed by atoms with Crippen LogP contribution in [0.15, 0.2) is 30.5 Å². The highest BCUT2D eigenvalue weighted by Crippen LogP contribution is 2.49. The minimum Gasteiger partial charge on any atom is -0.466 e. The van der Waals surface area contributed by atoms with Crippen molar-refractivity contribution in [3.05, 3.63) is 41.9 Å². The first kappa shape index (κ1) is 20.6. The monoisotopic (exact) mass is 435 g/mol. The van der Waals surface area contributed by atoms with Gasteiger partial charge in [-0.2, -0.15) is 5.10 Å². The van der Waals surface area contributed by atoms with Crippen LogP contribution in [-0.4, -0.2) is 51.4 Å². The Morgan fingerprint density at radius 1 is 1.34 bits per heavy atom. The number of pyridine rings is 2. The summed E-state index contributed by atoms with van der Waals surface area (Å²) in [5.41, 5.74) is 2.55. The first-order valence-electron chi connectivity index (χ1n) is 10.9. The molecule has 0 radical (unpaired) electrons. The Balaban J connectivity index is 1.57. The number of esters is 1. The molecule has 5 rings (SSSR count). The van der Waals surface area contributed by atoms with E-state index in [1.165, 1.54) is 6.92 Å². The Hall–Kier alpha value is -3.33. The van der Waals surface area contributed by atoms with Gasteiger partial charge in [0.05, 0.1) is 30.3 Å². The maximum absolute atomic E-state index is 12.2. The quantitative estimate of drug-likeness (QED) is 0.593. The third-order valence-corrected chi connectivity index (χ3v) is 5.95. The summed E-state index contributed by atoms with van der Waals surface area (Å²) in [4.78, 5) is 33.0. The van der Waals surface area contributed by atoms with Crippen LogP contribution in [0.5, 0.6) is 0 Å². The molecule has 2 aliphatic rings. The molecule has 4 heterocycles. The summed E-state index contributed by atoms with van der Waals surface area (Å²) in [6.45, 7) is 5.02. The maximum Gasteiger partial charge on any atom is 0.309 e. The molecule has 1 saturated heterocycles. The van der Waals surface area contributed by atoms with Crippen molar-refractivity contribution < 1.29 is 19.1 Å². The van der Waals surface area contributed by atoms with Gasteiger partial charge < -0.3 is 14.8 Å². The Morgan fingerprint density at radius 2 is 2.22 bits per heavy atom. The number of ether oxygens (including phenoxy) is 2. The van der Waals surface area contributed by atoms with E-state index in [1.807, 2.05) is 18.2 Å². The van der Waals surface area contributed by atoms with Gasteiger partial charge in [-0.05, 0) is 31.9 Å². The Bertz CT molecular complexity index is 1180. The van der Waals surface area contributed by atoms with Gasteiger partial charge in [0.1, 0.15) is 5.82 Å². The topological polar surface area (TPSA) is 108 Å². The van der Waals surface area contributed by atoms with Gasteiger partial charge in [0.15, 0.2) is 5.82 Å². The van der Waals surface area contributed by atoms with Crippen LogP contribution in [0.3, 0.4) is 0 Å². The van der Waals surface area contributed by atoms with Gasteiger partial charge in [-0.25, -0.2) is 14.6 Å². The number of nitrogens with one attached hydrogen (secondary N) is 1. The van der Waals surface area contributed by atoms with Crippen LogP contribution in [-0.2, 0) is 19.1 Å². The van der Waals surface area contributed by atoms with E-state index in [0.717, 1.165) is 35.3 Å². The summed E-state index contributed by atoms with van der Waals surface area (Å²) < 4.78 is 12.5. The average molecular weight is 435 g/mol. The van der Waals surface area contributed by atoms with Crippen LogP contribution in [0.1, 0.15) is 49.9 Å². The number of fused-ring (bicyclic) bond motifs is 1. The molecule has 2 fully saturated rings. The van der Waals surface area contributed by atoms with Crippen LogP contribution in [0.25, 0.3) is 16.7 Å². The van der Waals surface area contributed by atoms with E-state index < -0.39 is 0 Å². The van der Waals surface area contributed by atoms with Gasteiger partial charge in [-0.15, -0.1) is 0 Å². The lowest BCUT2D eigenvalue weighted by Crippen LogP contribution is -2.08. The summed E-state index contributed by atoms with van der Waals surface area (Å²) in [6.07, 6.45) is 3.35. The lowest BCUT2D eigenvalue weighted by molar-refractivity contribution is -0.144. The second-order valence-corrected chi connectivity index (χ2v) is 8.25. The molecule has 0 spiro atoms. The lowest BCUT2D eigenvalue weighted by Gasteiger charge is -2.10. The van der Waals surface area contributed by atoms with Crippen molar-refractivity contribution in [2.45, 2.75) is 38.5 Å². The molecule has 1 aliphatic heterocycles. The van der Waals surface area contributed by atoms with E-state index in [4.69, 9.17) is 19.6 Å². The first-order valence-corrected chi connectivity index (χ1v) is 10.9. The van der Waals surface area contributed by atoms with E-state index in [0.29, 0.717) is 31.3 Å². The number of amides is 1. The minimum absolute atomic E-state index is 0.0161. The van der Waals surface area contributed by atoms with E-state index in [-0.39, 0.29) is 29.6 Å². The van der Waals surface area contributed by atoms with Gasteiger partial charge in [0.2, 0.25) is 5.91 Å². The number of carbonyl (C=O) groups is 2. The molecule has 0 bridgehead atoms. The Kier molecular flexibility index (Phi) is 5.34. The van der Waals surface area contributed by atoms with E-state index in [2.05, 4.69) is 10.3 Å². The van der Waals surface area contributed by atoms with Crippen molar-refractivity contribution in [2.75, 3.05) is 25.1 Å². The molecule has 3 atom stereocenters. The normalized spacial score (nSPS) is 22.1. The van der Waals surface area contributed by atoms with E-state index >= 15 is 0 Å². The summed E-state index contributed by atoms with van der Waals surface area (Å²) in [7, 11) is 0. The predicted octanol–water partition coefficient (Wildman–Crippen LogP) is 2.94. The maximum atomic E-state index is 12.2. The average Bonchev–Trinajstić information content (AvgIpc) is 3.21. The largest absolute Gasteiger partial charge is 0.466 e. The van der Waals surface area contributed by atoms with Crippen LogP contribution in [0.4, 0.5) is 5.82 Å². The molecule has 9 nitrogen and oxygen atoms in total.